The molecule has 2 amide bonds. The highest BCUT2D eigenvalue weighted by Crippen LogP contribution is 2.17. The van der Waals surface area contributed by atoms with Crippen LogP contribution in [0.5, 0.6) is 5.75 Å². The van der Waals surface area contributed by atoms with Gasteiger partial charge in [0, 0.05) is 24.5 Å². The maximum Gasteiger partial charge on any atom is 0.265 e. The molecule has 3 rings (SSSR count). The average molecular weight is 408 g/mol. The number of hydrogen-bond acceptors (Lipinski definition) is 6. The van der Waals surface area contributed by atoms with Crippen LogP contribution >= 0.6 is 0 Å². The van der Waals surface area contributed by atoms with Crippen LogP contribution in [0.2, 0.25) is 0 Å². The predicted octanol–water partition coefficient (Wildman–Crippen LogP) is 2.23. The molecular weight excluding hydrogens is 384 g/mol. The minimum absolute atomic E-state index is 0.0877. The molecule has 0 spiro atoms. The lowest BCUT2D eigenvalue weighted by atomic mass is 10.2. The van der Waals surface area contributed by atoms with Crippen molar-refractivity contribution >= 4 is 23.2 Å². The number of ether oxygens (including phenoxy) is 2. The smallest absolute Gasteiger partial charge is 0.265 e. The second kappa shape index (κ2) is 10.4. The first kappa shape index (κ1) is 21.3. The number of anilines is 2. The molecule has 8 nitrogen and oxygen atoms in total. The van der Waals surface area contributed by atoms with Crippen LogP contribution in [0, 0.1) is 11.3 Å². The van der Waals surface area contributed by atoms with Crippen LogP contribution in [0.1, 0.15) is 12.5 Å². The Labute approximate surface area is 175 Å². The van der Waals surface area contributed by atoms with Gasteiger partial charge in [-0.3, -0.25) is 14.5 Å². The average Bonchev–Trinajstić information content (AvgIpc) is 2.76. The van der Waals surface area contributed by atoms with E-state index in [2.05, 4.69) is 10.6 Å². The van der Waals surface area contributed by atoms with Crippen LogP contribution in [0.25, 0.3) is 0 Å². The molecule has 1 atom stereocenters. The second-order valence-electron chi connectivity index (χ2n) is 6.90. The zero-order valence-corrected chi connectivity index (χ0v) is 16.8. The summed E-state index contributed by atoms with van der Waals surface area (Å²) in [7, 11) is 0. The Balaban J connectivity index is 1.48. The highest BCUT2D eigenvalue weighted by atomic mass is 16.5. The summed E-state index contributed by atoms with van der Waals surface area (Å²) < 4.78 is 10.9. The van der Waals surface area contributed by atoms with Crippen LogP contribution in [0.4, 0.5) is 11.4 Å². The van der Waals surface area contributed by atoms with Gasteiger partial charge >= 0.3 is 0 Å². The molecule has 1 heterocycles. The van der Waals surface area contributed by atoms with Crippen LogP contribution in [-0.2, 0) is 14.3 Å². The first-order chi connectivity index (χ1) is 14.5. The highest BCUT2D eigenvalue weighted by Gasteiger charge is 2.16. The molecule has 2 aromatic rings. The van der Waals surface area contributed by atoms with Crippen molar-refractivity contribution in [1.29, 1.82) is 5.26 Å². The van der Waals surface area contributed by atoms with E-state index >= 15 is 0 Å². The van der Waals surface area contributed by atoms with E-state index in [1.807, 2.05) is 11.0 Å². The van der Waals surface area contributed by atoms with Gasteiger partial charge in [-0.1, -0.05) is 6.07 Å². The van der Waals surface area contributed by atoms with Crippen LogP contribution in [-0.4, -0.2) is 55.7 Å². The highest BCUT2D eigenvalue weighted by molar-refractivity contribution is 5.95. The molecule has 0 aromatic heterocycles. The zero-order chi connectivity index (χ0) is 21.3. The van der Waals surface area contributed by atoms with Crippen molar-refractivity contribution in [3.05, 3.63) is 54.1 Å². The number of nitrogens with zero attached hydrogens (tertiary/aromatic N) is 2. The van der Waals surface area contributed by atoms with E-state index in [1.54, 1.807) is 55.5 Å². The summed E-state index contributed by atoms with van der Waals surface area (Å²) in [5, 5.41) is 14.6. The number of rotatable bonds is 7. The minimum Gasteiger partial charge on any atom is -0.481 e. The number of hydrogen-bond donors (Lipinski definition) is 2. The van der Waals surface area contributed by atoms with Gasteiger partial charge in [-0.05, 0) is 49.4 Å². The van der Waals surface area contributed by atoms with E-state index < -0.39 is 6.10 Å². The fraction of sp³-hybridized carbons (Fsp3) is 0.318. The molecule has 1 aliphatic rings. The summed E-state index contributed by atoms with van der Waals surface area (Å²) in [6, 6.07) is 15.6. The fourth-order valence-corrected chi connectivity index (χ4v) is 2.94. The van der Waals surface area contributed by atoms with E-state index in [4.69, 9.17) is 14.7 Å². The van der Waals surface area contributed by atoms with Gasteiger partial charge in [-0.25, -0.2) is 0 Å². The van der Waals surface area contributed by atoms with Gasteiger partial charge in [0.25, 0.3) is 5.91 Å². The molecule has 1 saturated heterocycles. The third-order valence-electron chi connectivity index (χ3n) is 4.55. The molecule has 1 fully saturated rings. The molecule has 0 radical (unpaired) electrons. The van der Waals surface area contributed by atoms with Crippen LogP contribution in [0.15, 0.2) is 48.5 Å². The van der Waals surface area contributed by atoms with E-state index in [0.29, 0.717) is 42.4 Å². The van der Waals surface area contributed by atoms with E-state index in [1.165, 1.54) is 0 Å². The van der Waals surface area contributed by atoms with Crippen LogP contribution < -0.4 is 15.4 Å². The molecular formula is C22H24N4O4. The number of nitrogens with one attached hydrogen (secondary N) is 2. The van der Waals surface area contributed by atoms with E-state index in [0.717, 1.165) is 13.1 Å². The maximum absolute atomic E-state index is 12.4. The standard InChI is InChI=1S/C22H24N4O4/c1-16(30-20-4-2-3-17(13-20)14-23)22(28)25-19-7-5-18(6-8-19)24-21(27)15-26-9-11-29-12-10-26/h2-8,13,16H,9-12,15H2,1H3,(H,24,27)(H,25,28). The van der Waals surface area contributed by atoms with Crippen LogP contribution in [0.3, 0.4) is 0 Å². The third-order valence-corrected chi connectivity index (χ3v) is 4.55. The molecule has 1 aliphatic heterocycles. The van der Waals surface area contributed by atoms with Gasteiger partial charge in [0.05, 0.1) is 31.4 Å². The molecule has 8 heteroatoms. The van der Waals surface area contributed by atoms with E-state index in [-0.39, 0.29) is 11.8 Å². The van der Waals surface area contributed by atoms with Crippen molar-refractivity contribution in [2.45, 2.75) is 13.0 Å². The van der Waals surface area contributed by atoms with Crippen molar-refractivity contribution < 1.29 is 19.1 Å². The Morgan fingerprint density at radius 2 is 1.80 bits per heavy atom. The maximum atomic E-state index is 12.4. The van der Waals surface area contributed by atoms with Gasteiger partial charge < -0.3 is 20.1 Å². The molecule has 156 valence electrons. The summed E-state index contributed by atoms with van der Waals surface area (Å²) in [6.07, 6.45) is -0.744. The predicted molar refractivity (Wildman–Crippen MR) is 112 cm³/mol. The normalized spacial score (nSPS) is 14.9. The molecule has 2 N–H and O–H groups in total. The van der Waals surface area contributed by atoms with Gasteiger partial charge in [-0.15, -0.1) is 0 Å². The lowest BCUT2D eigenvalue weighted by Crippen LogP contribution is -2.41. The fourth-order valence-electron chi connectivity index (χ4n) is 2.94. The Morgan fingerprint density at radius 1 is 1.13 bits per heavy atom. The number of benzene rings is 2. The first-order valence-electron chi connectivity index (χ1n) is 9.71. The van der Waals surface area contributed by atoms with Crippen molar-refractivity contribution in [1.82, 2.24) is 4.90 Å². The Bertz CT molecular complexity index is 917. The van der Waals surface area contributed by atoms with Gasteiger partial charge in [0.2, 0.25) is 5.91 Å². The molecule has 30 heavy (non-hydrogen) atoms. The number of carbonyl (C=O) groups is 2. The zero-order valence-electron chi connectivity index (χ0n) is 16.8. The van der Waals surface area contributed by atoms with Crippen molar-refractivity contribution in [3.8, 4) is 11.8 Å². The van der Waals surface area contributed by atoms with Gasteiger partial charge in [0.15, 0.2) is 6.10 Å². The minimum atomic E-state index is -0.744. The summed E-state index contributed by atoms with van der Waals surface area (Å²) in [4.78, 5) is 26.6. The Morgan fingerprint density at radius 3 is 2.47 bits per heavy atom. The first-order valence-corrected chi connectivity index (χ1v) is 9.71. The van der Waals surface area contributed by atoms with E-state index in [9.17, 15) is 9.59 Å². The number of carbonyl (C=O) groups excluding carboxylic acids is 2. The molecule has 1 unspecified atom stereocenters. The SMILES string of the molecule is CC(Oc1cccc(C#N)c1)C(=O)Nc1ccc(NC(=O)CN2CCOCC2)cc1. The Hall–Kier alpha value is -3.41. The monoisotopic (exact) mass is 408 g/mol. The van der Waals surface area contributed by atoms with Crippen molar-refractivity contribution in [2.75, 3.05) is 43.5 Å². The molecule has 0 bridgehead atoms. The number of morpholine rings is 1. The quantitative estimate of drug-likeness (QED) is 0.728. The molecule has 0 saturated carbocycles. The topological polar surface area (TPSA) is 104 Å². The largest absolute Gasteiger partial charge is 0.481 e. The number of amides is 2. The van der Waals surface area contributed by atoms with Crippen molar-refractivity contribution in [2.24, 2.45) is 0 Å². The summed E-state index contributed by atoms with van der Waals surface area (Å²) in [5.74, 6) is 0.0480. The Kier molecular flexibility index (Phi) is 7.38. The second-order valence-corrected chi connectivity index (χ2v) is 6.90. The molecule has 0 aliphatic carbocycles. The summed E-state index contributed by atoms with van der Waals surface area (Å²) >= 11 is 0. The van der Waals surface area contributed by atoms with Crippen molar-refractivity contribution in [3.63, 3.8) is 0 Å². The lowest BCUT2D eigenvalue weighted by molar-refractivity contribution is -0.122. The van der Waals surface area contributed by atoms with Gasteiger partial charge in [-0.2, -0.15) is 5.26 Å². The van der Waals surface area contributed by atoms with Gasteiger partial charge in [0.1, 0.15) is 5.75 Å². The molecule has 2 aromatic carbocycles. The third kappa shape index (κ3) is 6.30. The summed E-state index contributed by atoms with van der Waals surface area (Å²) in [6.45, 7) is 4.75. The summed E-state index contributed by atoms with van der Waals surface area (Å²) in [5.41, 5.74) is 1.71. The number of nitriles is 1. The lowest BCUT2D eigenvalue weighted by Gasteiger charge is -2.25.